The van der Waals surface area contributed by atoms with E-state index in [1.54, 1.807) is 0 Å². The average molecular weight is 414 g/mol. The molecule has 0 unspecified atom stereocenters. The highest BCUT2D eigenvalue weighted by molar-refractivity contribution is 9.10. The fourth-order valence-corrected chi connectivity index (χ4v) is 2.90. The number of halogens is 2. The molecule has 21 heavy (non-hydrogen) atoms. The molecule has 6 heteroatoms. The van der Waals surface area contributed by atoms with Crippen LogP contribution in [-0.4, -0.2) is 6.16 Å². The van der Waals surface area contributed by atoms with Gasteiger partial charge in [0.25, 0.3) is 0 Å². The fourth-order valence-electron chi connectivity index (χ4n) is 2.26. The predicted octanol–water partition coefficient (Wildman–Crippen LogP) is 4.68. The van der Waals surface area contributed by atoms with Crippen LogP contribution >= 0.6 is 31.9 Å². The van der Waals surface area contributed by atoms with Gasteiger partial charge in [0.05, 0.1) is 0 Å². The highest BCUT2D eigenvalue weighted by Crippen LogP contribution is 2.49. The number of fused-ring (bicyclic) bond motifs is 2. The van der Waals surface area contributed by atoms with E-state index in [1.165, 1.54) is 0 Å². The lowest BCUT2D eigenvalue weighted by atomic mass is 10.2. The largest absolute Gasteiger partial charge is 0.611 e. The van der Waals surface area contributed by atoms with E-state index in [0.717, 1.165) is 20.1 Å². The van der Waals surface area contributed by atoms with E-state index < -0.39 is 6.16 Å². The number of ether oxygens (including phenoxy) is 4. The van der Waals surface area contributed by atoms with Crippen molar-refractivity contribution in [3.63, 3.8) is 0 Å². The molecule has 0 aliphatic carbocycles. The van der Waals surface area contributed by atoms with Crippen molar-refractivity contribution in [1.82, 2.24) is 0 Å². The molecule has 1 spiro atoms. The Morgan fingerprint density at radius 2 is 1.00 bits per heavy atom. The Kier molecular flexibility index (Phi) is 2.72. The zero-order chi connectivity index (χ0) is 14.8. The molecule has 0 aromatic heterocycles. The van der Waals surface area contributed by atoms with Crippen molar-refractivity contribution in [1.29, 1.82) is 0 Å². The predicted molar refractivity (Wildman–Crippen MR) is 83.0 cm³/mol. The van der Waals surface area contributed by atoms with E-state index in [4.69, 9.17) is 18.9 Å². The Hall–Kier alpha value is -1.40. The van der Waals surface area contributed by atoms with Gasteiger partial charge in [-0.3, -0.25) is 0 Å². The molecule has 0 N–H and O–H groups in total. The van der Waals surface area contributed by atoms with Crippen LogP contribution in [0.5, 0.6) is 23.0 Å². The van der Waals surface area contributed by atoms with Crippen molar-refractivity contribution in [3.8, 4) is 23.0 Å². The number of hydrogen-bond donors (Lipinski definition) is 0. The summed E-state index contributed by atoms with van der Waals surface area (Å²) in [6, 6.07) is 7.45. The van der Waals surface area contributed by atoms with Gasteiger partial charge in [-0.05, 0) is 49.2 Å². The summed E-state index contributed by atoms with van der Waals surface area (Å²) in [7, 11) is 0. The van der Waals surface area contributed by atoms with Crippen molar-refractivity contribution < 1.29 is 18.9 Å². The Bertz CT molecular complexity index is 642. The molecular formula is C15H10Br2O4. The Balaban J connectivity index is 1.71. The third-order valence-electron chi connectivity index (χ3n) is 3.39. The Labute approximate surface area is 138 Å². The summed E-state index contributed by atoms with van der Waals surface area (Å²) in [6.07, 6.45) is -1.56. The van der Waals surface area contributed by atoms with Gasteiger partial charge in [-0.25, -0.2) is 0 Å². The van der Waals surface area contributed by atoms with Gasteiger partial charge in [-0.15, -0.1) is 0 Å². The van der Waals surface area contributed by atoms with E-state index in [2.05, 4.69) is 31.9 Å². The highest BCUT2D eigenvalue weighted by atomic mass is 79.9. The first-order valence-electron chi connectivity index (χ1n) is 6.32. The minimum atomic E-state index is -1.56. The van der Waals surface area contributed by atoms with Crippen molar-refractivity contribution in [2.75, 3.05) is 0 Å². The second kappa shape index (κ2) is 4.30. The zero-order valence-corrected chi connectivity index (χ0v) is 14.4. The molecule has 2 aliphatic rings. The number of hydrogen-bond acceptors (Lipinski definition) is 4. The summed E-state index contributed by atoms with van der Waals surface area (Å²) in [4.78, 5) is 0. The number of aryl methyl sites for hydroxylation is 2. The lowest BCUT2D eigenvalue weighted by Crippen LogP contribution is -2.47. The van der Waals surface area contributed by atoms with Gasteiger partial charge in [0.1, 0.15) is 0 Å². The second-order valence-electron chi connectivity index (χ2n) is 5.00. The van der Waals surface area contributed by atoms with E-state index in [1.807, 2.05) is 38.1 Å². The maximum Gasteiger partial charge on any atom is 0.611 e. The van der Waals surface area contributed by atoms with Crippen LogP contribution < -0.4 is 18.9 Å². The fraction of sp³-hybridized carbons (Fsp3) is 0.200. The van der Waals surface area contributed by atoms with Crippen molar-refractivity contribution in [3.05, 3.63) is 44.3 Å². The second-order valence-corrected chi connectivity index (χ2v) is 6.71. The van der Waals surface area contributed by atoms with E-state index in [0.29, 0.717) is 23.0 Å². The smallest absolute Gasteiger partial charge is 0.382 e. The molecule has 0 atom stereocenters. The molecule has 2 aromatic rings. The summed E-state index contributed by atoms with van der Waals surface area (Å²) >= 11 is 6.94. The molecule has 0 saturated carbocycles. The number of benzene rings is 2. The van der Waals surface area contributed by atoms with Crippen LogP contribution in [-0.2, 0) is 0 Å². The van der Waals surface area contributed by atoms with E-state index >= 15 is 0 Å². The summed E-state index contributed by atoms with van der Waals surface area (Å²) in [5.41, 5.74) is 2.09. The molecule has 108 valence electrons. The normalized spacial score (nSPS) is 16.6. The third-order valence-corrected chi connectivity index (χ3v) is 5.10. The maximum atomic E-state index is 5.75. The van der Waals surface area contributed by atoms with Crippen LogP contribution in [0.1, 0.15) is 11.1 Å². The van der Waals surface area contributed by atoms with Crippen LogP contribution in [0.25, 0.3) is 0 Å². The molecule has 2 aliphatic heterocycles. The summed E-state index contributed by atoms with van der Waals surface area (Å²) in [5, 5.41) is 0. The van der Waals surface area contributed by atoms with Gasteiger partial charge in [-0.1, -0.05) is 31.9 Å². The molecule has 2 aromatic carbocycles. The molecule has 0 radical (unpaired) electrons. The average Bonchev–Trinajstić information content (AvgIpc) is 2.90. The number of rotatable bonds is 0. The van der Waals surface area contributed by atoms with Crippen LogP contribution in [0, 0.1) is 13.8 Å². The molecule has 4 rings (SSSR count). The van der Waals surface area contributed by atoms with Gasteiger partial charge in [0.2, 0.25) is 0 Å². The van der Waals surface area contributed by atoms with Gasteiger partial charge in [0.15, 0.2) is 23.0 Å². The van der Waals surface area contributed by atoms with Crippen molar-refractivity contribution in [2.24, 2.45) is 0 Å². The maximum absolute atomic E-state index is 5.75. The van der Waals surface area contributed by atoms with Crippen LogP contribution in [0.2, 0.25) is 0 Å². The van der Waals surface area contributed by atoms with Crippen molar-refractivity contribution >= 4 is 31.9 Å². The highest BCUT2D eigenvalue weighted by Gasteiger charge is 2.54. The molecule has 0 amide bonds. The molecule has 2 heterocycles. The summed E-state index contributed by atoms with van der Waals surface area (Å²) in [5.74, 6) is 2.35. The molecular weight excluding hydrogens is 404 g/mol. The molecule has 0 saturated heterocycles. The van der Waals surface area contributed by atoms with E-state index in [-0.39, 0.29) is 0 Å². The first-order valence-corrected chi connectivity index (χ1v) is 7.91. The lowest BCUT2D eigenvalue weighted by molar-refractivity contribution is -0.330. The van der Waals surface area contributed by atoms with Gasteiger partial charge < -0.3 is 18.9 Å². The SMILES string of the molecule is Cc1cc2c(cc1Br)OC1(O2)Oc2cc(C)c(Br)cc2O1. The molecule has 0 bridgehead atoms. The summed E-state index contributed by atoms with van der Waals surface area (Å²) in [6.45, 7) is 3.95. The standard InChI is InChI=1S/C15H10Br2O4/c1-7-3-11-13(5-9(7)16)20-15(18-11)19-12-4-8(2)10(17)6-14(12)21-15/h3-6H,1-2H3. The van der Waals surface area contributed by atoms with Gasteiger partial charge >= 0.3 is 6.16 Å². The first kappa shape index (κ1) is 13.3. The lowest BCUT2D eigenvalue weighted by Gasteiger charge is -2.17. The van der Waals surface area contributed by atoms with Gasteiger partial charge in [-0.2, -0.15) is 0 Å². The van der Waals surface area contributed by atoms with Crippen molar-refractivity contribution in [2.45, 2.75) is 20.0 Å². The summed E-state index contributed by atoms with van der Waals surface area (Å²) < 4.78 is 24.9. The minimum Gasteiger partial charge on any atom is -0.382 e. The monoisotopic (exact) mass is 412 g/mol. The Morgan fingerprint density at radius 3 is 1.38 bits per heavy atom. The Morgan fingerprint density at radius 1 is 0.667 bits per heavy atom. The molecule has 4 nitrogen and oxygen atoms in total. The molecule has 0 fully saturated rings. The minimum absolute atomic E-state index is 0.580. The van der Waals surface area contributed by atoms with E-state index in [9.17, 15) is 0 Å². The topological polar surface area (TPSA) is 36.9 Å². The van der Waals surface area contributed by atoms with Crippen LogP contribution in [0.4, 0.5) is 0 Å². The quantitative estimate of drug-likeness (QED) is 0.628. The zero-order valence-electron chi connectivity index (χ0n) is 11.2. The third kappa shape index (κ3) is 2.00. The van der Waals surface area contributed by atoms with Crippen LogP contribution in [0.3, 0.4) is 0 Å². The van der Waals surface area contributed by atoms with Gasteiger partial charge in [0, 0.05) is 8.95 Å². The van der Waals surface area contributed by atoms with Crippen LogP contribution in [0.15, 0.2) is 33.2 Å². The first-order chi connectivity index (χ1) is 9.96.